The van der Waals surface area contributed by atoms with E-state index < -0.39 is 0 Å². The smallest absolute Gasteiger partial charge is 0.275 e. The van der Waals surface area contributed by atoms with Gasteiger partial charge in [0, 0.05) is 17.6 Å². The highest BCUT2D eigenvalue weighted by atomic mass is 32.1. The average molecular weight is 352 g/mol. The third kappa shape index (κ3) is 4.70. The number of aromatic nitrogens is 3. The summed E-state index contributed by atoms with van der Waals surface area (Å²) in [6.07, 6.45) is 3.54. The molecular weight excluding hydrogens is 332 g/mol. The number of carbonyl (C=O) groups is 1. The average Bonchev–Trinajstić information content (AvgIpc) is 3.20. The normalized spacial score (nSPS) is 11.9. The van der Waals surface area contributed by atoms with Crippen LogP contribution in [0.25, 0.3) is 0 Å². The van der Waals surface area contributed by atoms with Gasteiger partial charge in [-0.1, -0.05) is 40.9 Å². The fourth-order valence-corrected chi connectivity index (χ4v) is 3.11. The topological polar surface area (TPSA) is 59.0 Å². The Bertz CT molecular complexity index is 778. The van der Waals surface area contributed by atoms with Crippen LogP contribution in [0.1, 0.15) is 35.1 Å². The SMILES string of the molecule is C[C@@H](CCc1ccccc1)N(Cc1ccccn1)C(=O)c1csnn1. The summed E-state index contributed by atoms with van der Waals surface area (Å²) in [6.45, 7) is 2.54. The van der Waals surface area contributed by atoms with Crippen molar-refractivity contribution in [3.05, 3.63) is 77.1 Å². The van der Waals surface area contributed by atoms with E-state index in [1.807, 2.05) is 41.3 Å². The Balaban J connectivity index is 1.73. The van der Waals surface area contributed by atoms with E-state index in [1.165, 1.54) is 17.1 Å². The minimum atomic E-state index is -0.0973. The van der Waals surface area contributed by atoms with E-state index in [1.54, 1.807) is 11.6 Å². The van der Waals surface area contributed by atoms with E-state index in [2.05, 4.69) is 33.6 Å². The van der Waals surface area contributed by atoms with Crippen LogP contribution in [0, 0.1) is 0 Å². The highest BCUT2D eigenvalue weighted by Gasteiger charge is 2.24. The number of carbonyl (C=O) groups excluding carboxylic acids is 1. The molecule has 0 aliphatic rings. The molecule has 0 aliphatic carbocycles. The number of nitrogens with zero attached hydrogens (tertiary/aromatic N) is 4. The molecule has 0 bridgehead atoms. The van der Waals surface area contributed by atoms with Crippen molar-refractivity contribution >= 4 is 17.4 Å². The van der Waals surface area contributed by atoms with Crippen LogP contribution in [-0.4, -0.2) is 31.4 Å². The summed E-state index contributed by atoms with van der Waals surface area (Å²) in [7, 11) is 0. The molecule has 2 aromatic heterocycles. The van der Waals surface area contributed by atoms with E-state index in [4.69, 9.17) is 0 Å². The largest absolute Gasteiger partial charge is 0.329 e. The third-order valence-electron chi connectivity index (χ3n) is 4.12. The molecule has 128 valence electrons. The van der Waals surface area contributed by atoms with Crippen molar-refractivity contribution in [3.8, 4) is 0 Å². The maximum Gasteiger partial charge on any atom is 0.275 e. The molecule has 0 saturated heterocycles. The second-order valence-corrected chi connectivity index (χ2v) is 6.53. The van der Waals surface area contributed by atoms with Gasteiger partial charge in [0.1, 0.15) is 0 Å². The number of hydrogen-bond donors (Lipinski definition) is 0. The Morgan fingerprint density at radius 3 is 2.64 bits per heavy atom. The number of aryl methyl sites for hydroxylation is 1. The predicted molar refractivity (Wildman–Crippen MR) is 98.2 cm³/mol. The van der Waals surface area contributed by atoms with Crippen molar-refractivity contribution in [1.29, 1.82) is 0 Å². The molecule has 0 saturated carbocycles. The van der Waals surface area contributed by atoms with E-state index in [9.17, 15) is 4.79 Å². The highest BCUT2D eigenvalue weighted by Crippen LogP contribution is 2.16. The first-order chi connectivity index (χ1) is 12.2. The Hall–Kier alpha value is -2.60. The standard InChI is InChI=1S/C19H20N4OS/c1-15(10-11-16-7-3-2-4-8-16)23(13-17-9-5-6-12-20-17)19(24)18-14-25-22-21-18/h2-9,12,14-15H,10-11,13H2,1H3/t15-/m0/s1. The number of benzene rings is 1. The Kier molecular flexibility index (Phi) is 5.85. The van der Waals surface area contributed by atoms with Crippen LogP contribution in [0.2, 0.25) is 0 Å². The molecule has 5 nitrogen and oxygen atoms in total. The number of pyridine rings is 1. The van der Waals surface area contributed by atoms with E-state index in [0.29, 0.717) is 12.2 Å². The molecule has 0 unspecified atom stereocenters. The van der Waals surface area contributed by atoms with Gasteiger partial charge < -0.3 is 4.90 Å². The summed E-state index contributed by atoms with van der Waals surface area (Å²) in [5.74, 6) is -0.0973. The first kappa shape index (κ1) is 17.2. The fourth-order valence-electron chi connectivity index (χ4n) is 2.67. The van der Waals surface area contributed by atoms with Gasteiger partial charge in [-0.15, -0.1) is 5.10 Å². The summed E-state index contributed by atoms with van der Waals surface area (Å²) in [5, 5.41) is 5.63. The van der Waals surface area contributed by atoms with Crippen LogP contribution >= 0.6 is 11.5 Å². The summed E-state index contributed by atoms with van der Waals surface area (Å²) in [4.78, 5) is 19.1. The highest BCUT2D eigenvalue weighted by molar-refractivity contribution is 7.03. The van der Waals surface area contributed by atoms with Crippen LogP contribution in [0.15, 0.2) is 60.1 Å². The molecule has 1 amide bonds. The third-order valence-corrected chi connectivity index (χ3v) is 4.63. The van der Waals surface area contributed by atoms with E-state index >= 15 is 0 Å². The van der Waals surface area contributed by atoms with Crippen molar-refractivity contribution in [1.82, 2.24) is 19.5 Å². The Labute approximate surface area is 151 Å². The minimum absolute atomic E-state index is 0.0661. The van der Waals surface area contributed by atoms with Gasteiger partial charge in [-0.05, 0) is 49.0 Å². The molecule has 1 atom stereocenters. The van der Waals surface area contributed by atoms with Crippen molar-refractivity contribution in [2.45, 2.75) is 32.4 Å². The first-order valence-corrected chi connectivity index (χ1v) is 9.09. The van der Waals surface area contributed by atoms with Crippen LogP contribution in [-0.2, 0) is 13.0 Å². The molecule has 0 fully saturated rings. The molecule has 2 heterocycles. The van der Waals surface area contributed by atoms with Gasteiger partial charge in [-0.25, -0.2) is 0 Å². The summed E-state index contributed by atoms with van der Waals surface area (Å²) >= 11 is 1.19. The lowest BCUT2D eigenvalue weighted by molar-refractivity contribution is 0.0658. The second-order valence-electron chi connectivity index (χ2n) is 5.92. The van der Waals surface area contributed by atoms with Crippen molar-refractivity contribution in [3.63, 3.8) is 0 Å². The van der Waals surface area contributed by atoms with Crippen molar-refractivity contribution in [2.75, 3.05) is 0 Å². The summed E-state index contributed by atoms with van der Waals surface area (Å²) in [5.41, 5.74) is 2.54. The number of hydrogen-bond acceptors (Lipinski definition) is 5. The number of rotatable bonds is 7. The van der Waals surface area contributed by atoms with Gasteiger partial charge in [-0.2, -0.15) is 0 Å². The molecule has 0 aliphatic heterocycles. The molecule has 0 radical (unpaired) electrons. The summed E-state index contributed by atoms with van der Waals surface area (Å²) in [6, 6.07) is 16.1. The zero-order chi connectivity index (χ0) is 17.5. The maximum absolute atomic E-state index is 12.9. The Morgan fingerprint density at radius 1 is 1.16 bits per heavy atom. The molecule has 0 N–H and O–H groups in total. The van der Waals surface area contributed by atoms with Gasteiger partial charge in [0.15, 0.2) is 5.69 Å². The lowest BCUT2D eigenvalue weighted by Crippen LogP contribution is -2.38. The van der Waals surface area contributed by atoms with Gasteiger partial charge >= 0.3 is 0 Å². The second kappa shape index (κ2) is 8.48. The fraction of sp³-hybridized carbons (Fsp3) is 0.263. The molecule has 3 aromatic rings. The first-order valence-electron chi connectivity index (χ1n) is 8.26. The van der Waals surface area contributed by atoms with E-state index in [-0.39, 0.29) is 11.9 Å². The van der Waals surface area contributed by atoms with Gasteiger partial charge in [-0.3, -0.25) is 9.78 Å². The lowest BCUT2D eigenvalue weighted by Gasteiger charge is -2.28. The van der Waals surface area contributed by atoms with Crippen LogP contribution in [0.5, 0.6) is 0 Å². The molecule has 6 heteroatoms. The maximum atomic E-state index is 12.9. The van der Waals surface area contributed by atoms with Crippen molar-refractivity contribution in [2.24, 2.45) is 0 Å². The number of amides is 1. The molecule has 1 aromatic carbocycles. The van der Waals surface area contributed by atoms with Crippen LogP contribution < -0.4 is 0 Å². The van der Waals surface area contributed by atoms with E-state index in [0.717, 1.165) is 18.5 Å². The monoisotopic (exact) mass is 352 g/mol. The zero-order valence-electron chi connectivity index (χ0n) is 14.1. The van der Waals surface area contributed by atoms with Gasteiger partial charge in [0.2, 0.25) is 0 Å². The lowest BCUT2D eigenvalue weighted by atomic mass is 10.0. The minimum Gasteiger partial charge on any atom is -0.329 e. The molecule has 25 heavy (non-hydrogen) atoms. The van der Waals surface area contributed by atoms with Gasteiger partial charge in [0.25, 0.3) is 5.91 Å². The Morgan fingerprint density at radius 2 is 1.96 bits per heavy atom. The zero-order valence-corrected chi connectivity index (χ0v) is 14.9. The van der Waals surface area contributed by atoms with Crippen LogP contribution in [0.4, 0.5) is 0 Å². The quantitative estimate of drug-likeness (QED) is 0.652. The molecular formula is C19H20N4OS. The predicted octanol–water partition coefficient (Wildman–Crippen LogP) is 3.60. The van der Waals surface area contributed by atoms with Gasteiger partial charge in [0.05, 0.1) is 12.2 Å². The van der Waals surface area contributed by atoms with Crippen molar-refractivity contribution < 1.29 is 4.79 Å². The van der Waals surface area contributed by atoms with Crippen LogP contribution in [0.3, 0.4) is 0 Å². The summed E-state index contributed by atoms with van der Waals surface area (Å²) < 4.78 is 3.81. The molecule has 0 spiro atoms. The molecule has 3 rings (SSSR count).